The molecule has 6 N–H and O–H groups in total. The molecular formula is C110H119Br2N5O7. The third-order valence-corrected chi connectivity index (χ3v) is 25.0. The molecule has 3 aliphatic heterocycles. The minimum absolute atomic E-state index is 0.148. The number of hydrogen-bond donors (Lipinski definition) is 6. The van der Waals surface area contributed by atoms with Crippen molar-refractivity contribution in [3.63, 3.8) is 0 Å². The van der Waals surface area contributed by atoms with E-state index >= 15 is 0 Å². The van der Waals surface area contributed by atoms with Gasteiger partial charge in [0.2, 0.25) is 0 Å². The minimum Gasteiger partial charge on any atom is -0.508 e. The highest BCUT2D eigenvalue weighted by Gasteiger charge is 2.25. The van der Waals surface area contributed by atoms with Crippen molar-refractivity contribution in [1.29, 1.82) is 0 Å². The smallest absolute Gasteiger partial charge is 0.115 e. The lowest BCUT2D eigenvalue weighted by molar-refractivity contribution is 0.122. The van der Waals surface area contributed by atoms with Crippen molar-refractivity contribution >= 4 is 93.5 Å². The molecule has 124 heavy (non-hydrogen) atoms. The van der Waals surface area contributed by atoms with Crippen LogP contribution in [0.25, 0.3) is 44.6 Å². The Morgan fingerprint density at radius 3 is 0.758 bits per heavy atom. The molecule has 16 rings (SSSR count). The van der Waals surface area contributed by atoms with Gasteiger partial charge in [-0.05, 0) is 286 Å². The molecule has 0 spiro atoms. The fourth-order valence-electron chi connectivity index (χ4n) is 16.9. The fraction of sp³-hybridized carbons (Fsp3) is 0.273. The van der Waals surface area contributed by atoms with Crippen LogP contribution in [0.1, 0.15) is 149 Å². The van der Waals surface area contributed by atoms with E-state index in [4.69, 9.17) is 4.74 Å². The second-order valence-electron chi connectivity index (χ2n) is 32.4. The van der Waals surface area contributed by atoms with Gasteiger partial charge in [0.05, 0.1) is 13.2 Å². The zero-order chi connectivity index (χ0) is 86.2. The van der Waals surface area contributed by atoms with Crippen LogP contribution in [0.3, 0.4) is 0 Å². The molecule has 4 aliphatic rings. The average molecular weight is 1780 g/mol. The molecule has 12 nitrogen and oxygen atoms in total. The lowest BCUT2D eigenvalue weighted by atomic mass is 9.79. The average Bonchev–Trinajstić information content (AvgIpc) is 0.806. The van der Waals surface area contributed by atoms with E-state index < -0.39 is 0 Å². The lowest BCUT2D eigenvalue weighted by Crippen LogP contribution is -2.44. The Morgan fingerprint density at radius 2 is 0.516 bits per heavy atom. The highest BCUT2D eigenvalue weighted by molar-refractivity contribution is 9.10. The molecule has 4 fully saturated rings. The summed E-state index contributed by atoms with van der Waals surface area (Å²) in [5.74, 6) is 1.25. The number of aliphatic hydroxyl groups excluding tert-OH is 4. The maximum Gasteiger partial charge on any atom is 0.115 e. The van der Waals surface area contributed by atoms with E-state index in [1.807, 2.05) is 48.5 Å². The van der Waals surface area contributed by atoms with Crippen LogP contribution in [0.15, 0.2) is 324 Å². The van der Waals surface area contributed by atoms with Gasteiger partial charge in [-0.15, -0.1) is 0 Å². The first-order chi connectivity index (χ1) is 60.8. The molecule has 0 aromatic heterocycles. The van der Waals surface area contributed by atoms with Gasteiger partial charge in [-0.3, -0.25) is 0 Å². The molecule has 3 saturated heterocycles. The number of benzene rings is 12. The minimum atomic E-state index is 0.148. The molecular weight excluding hydrogens is 1660 g/mol. The lowest BCUT2D eigenvalue weighted by Gasteiger charge is -2.34. The quantitative estimate of drug-likeness (QED) is 0.0260. The first-order valence-corrected chi connectivity index (χ1v) is 45.7. The monoisotopic (exact) mass is 1780 g/mol. The van der Waals surface area contributed by atoms with Gasteiger partial charge in [0.1, 0.15) is 11.5 Å². The van der Waals surface area contributed by atoms with Crippen molar-refractivity contribution in [1.82, 2.24) is 9.80 Å². The van der Waals surface area contributed by atoms with Gasteiger partial charge in [0.25, 0.3) is 0 Å². The fourth-order valence-corrected chi connectivity index (χ4v) is 17.4. The molecule has 0 radical (unpaired) electrons. The summed E-state index contributed by atoms with van der Waals surface area (Å²) in [6, 6.07) is 110. The van der Waals surface area contributed by atoms with Gasteiger partial charge in [-0.2, -0.15) is 0 Å². The van der Waals surface area contributed by atoms with Crippen LogP contribution in [0.4, 0.5) is 17.1 Å². The molecule has 0 bridgehead atoms. The molecule has 0 unspecified atom stereocenters. The van der Waals surface area contributed by atoms with Crippen molar-refractivity contribution < 1.29 is 35.4 Å². The number of likely N-dealkylation sites (N-methyl/N-ethyl adjacent to an activating group) is 2. The van der Waals surface area contributed by atoms with E-state index in [1.165, 1.54) is 109 Å². The highest BCUT2D eigenvalue weighted by atomic mass is 79.9. The largest absolute Gasteiger partial charge is 0.508 e. The number of halogens is 2. The van der Waals surface area contributed by atoms with Gasteiger partial charge >= 0.3 is 0 Å². The van der Waals surface area contributed by atoms with Crippen LogP contribution in [-0.4, -0.2) is 160 Å². The van der Waals surface area contributed by atoms with Gasteiger partial charge in [-0.25, -0.2) is 0 Å². The van der Waals surface area contributed by atoms with Gasteiger partial charge in [-0.1, -0.05) is 269 Å². The molecule has 3 heterocycles. The van der Waals surface area contributed by atoms with E-state index in [9.17, 15) is 30.6 Å². The van der Waals surface area contributed by atoms with E-state index in [1.54, 1.807) is 24.3 Å². The van der Waals surface area contributed by atoms with Crippen LogP contribution in [0.5, 0.6) is 11.5 Å². The number of nitrogens with zero attached hydrogens (tertiary/aromatic N) is 5. The zero-order valence-corrected chi connectivity index (χ0v) is 74.9. The standard InChI is InChI=1S/C28H31BrN2O.C28H32N2O2.C27H27BrO.C27H29NO3/c1-30-17-19-31(20-18-30)26-15-11-24(12-16-26)28(23-9-13-25(29)14-10-23)27(8-5-21-32)22-6-3-2-4-7-22;1-29-17-19-30(20-18-29)25-13-9-23(10-14-25)28(24-11-15-26(32)16-12-24)27(8-5-21-31)22-6-3-2-4-7-22;28-25-17-15-24(16-18-25)27(23-13-11-21(12-14-23)20-8-4-9-20)26(10-5-19-29)22-6-2-1-3-7-22;29-18-4-7-26(21-5-2-1-3-6-21)27(23-10-14-25(30)15-11-23)22-8-12-24(13-9-22)28-16-19-31-20-17-28/h2-4,6-7,9-16,32H,5,8,17-21H2,1H3;2-4,6-7,9-16,31-32H,5,8,17-21H2,1H3;1-3,6-7,11-18,20,29H,4-5,8-10,19H2;1-3,5-6,8-15,29-30H,4,7,16-20H2/b28-27-;28-27+;2*27-26+. The third kappa shape index (κ3) is 25.3. The van der Waals surface area contributed by atoms with E-state index in [0.717, 1.165) is 177 Å². The number of allylic oxidation sites excluding steroid dienone is 4. The third-order valence-electron chi connectivity index (χ3n) is 24.0. The maximum absolute atomic E-state index is 9.85. The molecule has 12 aromatic carbocycles. The summed E-state index contributed by atoms with van der Waals surface area (Å²) in [5, 5.41) is 57.9. The number of rotatable bonds is 28. The molecule has 640 valence electrons. The SMILES string of the molecule is CN1CCN(c2ccc(/C(=C(/CCCO)c3ccccc3)c3ccc(Br)cc3)cc2)CC1.CN1CCN(c2ccc(/C(=C(/CCCO)c3ccccc3)c3ccc(O)cc3)cc2)CC1.OCCC/C(=C(\c1ccc(Br)cc1)c1ccc(C2CCC2)cc1)c1ccccc1.OCCC/C(=C(\c1ccc(O)cc1)c1ccc(N2CCOCC2)cc1)c1ccccc1. The van der Waals surface area contributed by atoms with Gasteiger partial charge < -0.3 is 59.9 Å². The van der Waals surface area contributed by atoms with Gasteiger partial charge in [0, 0.05) is 118 Å². The summed E-state index contributed by atoms with van der Waals surface area (Å²) in [6.45, 7) is 12.6. The van der Waals surface area contributed by atoms with Crippen LogP contribution < -0.4 is 14.7 Å². The van der Waals surface area contributed by atoms with Crippen molar-refractivity contribution in [2.45, 2.75) is 76.5 Å². The van der Waals surface area contributed by atoms with E-state index in [2.05, 4.69) is 313 Å². The Bertz CT molecular complexity index is 5170. The molecule has 14 heteroatoms. The number of phenolic OH excluding ortho intramolecular Hbond substituents is 2. The summed E-state index contributed by atoms with van der Waals surface area (Å²) in [6.07, 6.45) is 10.1. The molecule has 1 saturated carbocycles. The molecule has 0 atom stereocenters. The molecule has 0 amide bonds. The Hall–Kier alpha value is -10.7. The number of aromatic hydroxyl groups is 2. The van der Waals surface area contributed by atoms with Crippen LogP contribution >= 0.6 is 31.9 Å². The summed E-state index contributed by atoms with van der Waals surface area (Å²) >= 11 is 7.14. The first-order valence-electron chi connectivity index (χ1n) is 44.1. The number of piperazine rings is 2. The number of anilines is 3. The number of phenols is 2. The Labute approximate surface area is 752 Å². The highest BCUT2D eigenvalue weighted by Crippen LogP contribution is 2.43. The summed E-state index contributed by atoms with van der Waals surface area (Å²) < 4.78 is 7.63. The number of ether oxygens (including phenoxy) is 1. The molecule has 12 aromatic rings. The van der Waals surface area contributed by atoms with Gasteiger partial charge in [0.15, 0.2) is 0 Å². The number of aliphatic hydroxyl groups is 4. The number of hydrogen-bond acceptors (Lipinski definition) is 12. The van der Waals surface area contributed by atoms with Crippen LogP contribution in [0, 0.1) is 0 Å². The summed E-state index contributed by atoms with van der Waals surface area (Å²) in [4.78, 5) is 12.0. The number of morpholine rings is 1. The Balaban J connectivity index is 0.000000142. The van der Waals surface area contributed by atoms with E-state index in [-0.39, 0.29) is 37.9 Å². The summed E-state index contributed by atoms with van der Waals surface area (Å²) in [5.41, 5.74) is 28.9. The first kappa shape index (κ1) is 91.0. The van der Waals surface area contributed by atoms with Crippen molar-refractivity contribution in [3.05, 3.63) is 397 Å². The zero-order valence-electron chi connectivity index (χ0n) is 71.8. The van der Waals surface area contributed by atoms with Crippen LogP contribution in [0.2, 0.25) is 0 Å². The van der Waals surface area contributed by atoms with Crippen molar-refractivity contribution in [2.75, 3.05) is 134 Å². The predicted molar refractivity (Wildman–Crippen MR) is 524 cm³/mol. The second kappa shape index (κ2) is 47.4. The Morgan fingerprint density at radius 1 is 0.282 bits per heavy atom. The van der Waals surface area contributed by atoms with Crippen molar-refractivity contribution in [2.24, 2.45) is 0 Å². The summed E-state index contributed by atoms with van der Waals surface area (Å²) in [7, 11) is 4.36. The Kier molecular flexibility index (Phi) is 34.8. The predicted octanol–water partition coefficient (Wildman–Crippen LogP) is 23.2. The maximum atomic E-state index is 9.85. The van der Waals surface area contributed by atoms with Crippen molar-refractivity contribution in [3.8, 4) is 11.5 Å². The second-order valence-corrected chi connectivity index (χ2v) is 34.2. The topological polar surface area (TPSA) is 147 Å². The van der Waals surface area contributed by atoms with Crippen LogP contribution in [-0.2, 0) is 4.74 Å². The molecule has 1 aliphatic carbocycles. The van der Waals surface area contributed by atoms with E-state index in [0.29, 0.717) is 12.8 Å². The normalized spacial score (nSPS) is 15.2.